The van der Waals surface area contributed by atoms with Gasteiger partial charge in [-0.15, -0.1) is 11.3 Å². The second kappa shape index (κ2) is 7.40. The van der Waals surface area contributed by atoms with Crippen molar-refractivity contribution in [1.82, 2.24) is 0 Å². The lowest BCUT2D eigenvalue weighted by molar-refractivity contribution is 0.100. The summed E-state index contributed by atoms with van der Waals surface area (Å²) < 4.78 is 38.6. The number of hydrogen-bond acceptors (Lipinski definition) is 6. The molecule has 0 unspecified atom stereocenters. The van der Waals surface area contributed by atoms with Gasteiger partial charge in [0.25, 0.3) is 15.9 Å². The lowest BCUT2D eigenvalue weighted by Crippen LogP contribution is -2.19. The fourth-order valence-electron chi connectivity index (χ4n) is 3.25. The van der Waals surface area contributed by atoms with E-state index in [1.165, 1.54) is 43.8 Å². The predicted octanol–water partition coefficient (Wildman–Crippen LogP) is 2.79. The number of nitrogens with two attached hydrogens (primary N) is 1. The third-order valence-electron chi connectivity index (χ3n) is 4.65. The Hall–Kier alpha value is -2.26. The van der Waals surface area contributed by atoms with Crippen LogP contribution in [0.4, 0.5) is 5.00 Å². The number of ether oxygens (including phenoxy) is 2. The molecule has 0 radical (unpaired) electrons. The maximum atomic E-state index is 12.9. The maximum Gasteiger partial charge on any atom is 0.262 e. The van der Waals surface area contributed by atoms with Crippen molar-refractivity contribution in [1.29, 1.82) is 0 Å². The number of amides is 1. The third kappa shape index (κ3) is 3.74. The molecule has 1 aliphatic rings. The summed E-state index contributed by atoms with van der Waals surface area (Å²) in [5, 5.41) is 0.274. The number of benzene rings is 1. The number of primary amides is 1. The van der Waals surface area contributed by atoms with E-state index in [1.807, 2.05) is 0 Å². The molecule has 146 valence electrons. The lowest BCUT2D eigenvalue weighted by atomic mass is 9.88. The average molecular weight is 411 g/mol. The van der Waals surface area contributed by atoms with Gasteiger partial charge in [0, 0.05) is 10.9 Å². The number of hydrogen-bond donors (Lipinski definition) is 2. The number of sulfonamides is 1. The van der Waals surface area contributed by atoms with Crippen molar-refractivity contribution in [3.05, 3.63) is 34.2 Å². The van der Waals surface area contributed by atoms with E-state index in [0.717, 1.165) is 29.7 Å². The van der Waals surface area contributed by atoms with Crippen LogP contribution in [0.1, 0.15) is 34.1 Å². The summed E-state index contributed by atoms with van der Waals surface area (Å²) in [6, 6.07) is 4.31. The molecule has 1 aliphatic carbocycles. The summed E-state index contributed by atoms with van der Waals surface area (Å²) in [4.78, 5) is 13.0. The van der Waals surface area contributed by atoms with Crippen LogP contribution in [0.25, 0.3) is 0 Å². The molecule has 0 saturated heterocycles. The maximum absolute atomic E-state index is 12.9. The molecule has 0 fully saturated rings. The normalized spacial score (nSPS) is 16.5. The molecule has 1 amide bonds. The molecule has 1 aromatic heterocycles. The quantitative estimate of drug-likeness (QED) is 0.761. The van der Waals surface area contributed by atoms with Crippen molar-refractivity contribution >= 4 is 32.3 Å². The zero-order valence-corrected chi connectivity index (χ0v) is 17.0. The van der Waals surface area contributed by atoms with Crippen molar-refractivity contribution < 1.29 is 22.7 Å². The van der Waals surface area contributed by atoms with Gasteiger partial charge < -0.3 is 15.2 Å². The van der Waals surface area contributed by atoms with E-state index in [2.05, 4.69) is 11.6 Å². The van der Waals surface area contributed by atoms with Crippen molar-refractivity contribution in [3.63, 3.8) is 0 Å². The van der Waals surface area contributed by atoms with Crippen LogP contribution in [0.2, 0.25) is 0 Å². The van der Waals surface area contributed by atoms with Gasteiger partial charge in [-0.2, -0.15) is 0 Å². The molecular weight excluding hydrogens is 388 g/mol. The summed E-state index contributed by atoms with van der Waals surface area (Å²) in [6.45, 7) is 2.14. The van der Waals surface area contributed by atoms with Gasteiger partial charge in [-0.05, 0) is 42.9 Å². The van der Waals surface area contributed by atoms with Gasteiger partial charge in [0.05, 0.1) is 24.7 Å². The van der Waals surface area contributed by atoms with Crippen LogP contribution in [0.5, 0.6) is 11.5 Å². The molecule has 2 aromatic rings. The molecule has 0 aliphatic heterocycles. The zero-order valence-electron chi connectivity index (χ0n) is 15.4. The molecular formula is C18H22N2O5S2. The van der Waals surface area contributed by atoms with Crippen molar-refractivity contribution in [2.45, 2.75) is 31.1 Å². The van der Waals surface area contributed by atoms with Crippen LogP contribution >= 0.6 is 11.3 Å². The molecule has 1 atom stereocenters. The molecule has 0 bridgehead atoms. The molecule has 9 heteroatoms. The highest BCUT2D eigenvalue weighted by atomic mass is 32.2. The number of carbonyl (C=O) groups excluding carboxylic acids is 1. The standard InChI is InChI=1S/C18H22N2O5S2/c1-10-4-6-12-15(8-10)26-18(16(12)17(19)21)20-27(22,23)11-5-7-13(24-2)14(9-11)25-3/h5,7,9-10,20H,4,6,8H2,1-3H3,(H2,19,21)/t10-/m1/s1. The highest BCUT2D eigenvalue weighted by Gasteiger charge is 2.29. The zero-order chi connectivity index (χ0) is 19.8. The van der Waals surface area contributed by atoms with E-state index in [9.17, 15) is 13.2 Å². The van der Waals surface area contributed by atoms with E-state index in [0.29, 0.717) is 17.4 Å². The Morgan fingerprint density at radius 2 is 1.96 bits per heavy atom. The number of nitrogens with one attached hydrogen (secondary N) is 1. The Balaban J connectivity index is 2.00. The fourth-order valence-corrected chi connectivity index (χ4v) is 5.98. The van der Waals surface area contributed by atoms with E-state index < -0.39 is 15.9 Å². The Labute approximate surface area is 162 Å². The highest BCUT2D eigenvalue weighted by molar-refractivity contribution is 7.93. The van der Waals surface area contributed by atoms with Crippen LogP contribution in [-0.2, 0) is 22.9 Å². The average Bonchev–Trinajstić information content (AvgIpc) is 2.97. The first-order chi connectivity index (χ1) is 12.8. The second-order valence-electron chi connectivity index (χ2n) is 6.54. The van der Waals surface area contributed by atoms with Crippen LogP contribution in [0, 0.1) is 5.92 Å². The van der Waals surface area contributed by atoms with Crippen molar-refractivity contribution in [2.24, 2.45) is 11.7 Å². The van der Waals surface area contributed by atoms with Crippen LogP contribution in [0.3, 0.4) is 0 Å². The fraction of sp³-hybridized carbons (Fsp3) is 0.389. The molecule has 1 aromatic carbocycles. The molecule has 0 spiro atoms. The Morgan fingerprint density at radius 1 is 1.26 bits per heavy atom. The summed E-state index contributed by atoms with van der Waals surface area (Å²) in [5.41, 5.74) is 6.71. The van der Waals surface area contributed by atoms with Gasteiger partial charge in [0.1, 0.15) is 5.00 Å². The Kier molecular flexibility index (Phi) is 5.34. The monoisotopic (exact) mass is 410 g/mol. The third-order valence-corrected chi connectivity index (χ3v) is 7.30. The number of methoxy groups -OCH3 is 2. The van der Waals surface area contributed by atoms with E-state index in [1.54, 1.807) is 0 Å². The van der Waals surface area contributed by atoms with Gasteiger partial charge in [-0.3, -0.25) is 9.52 Å². The van der Waals surface area contributed by atoms with Gasteiger partial charge >= 0.3 is 0 Å². The van der Waals surface area contributed by atoms with Crippen LogP contribution in [0.15, 0.2) is 23.1 Å². The van der Waals surface area contributed by atoms with Crippen LogP contribution < -0.4 is 19.9 Å². The first-order valence-corrected chi connectivity index (χ1v) is 10.8. The topological polar surface area (TPSA) is 108 Å². The largest absolute Gasteiger partial charge is 0.493 e. The SMILES string of the molecule is COc1ccc(S(=O)(=O)Nc2sc3c(c2C(N)=O)CC[C@@H](C)C3)cc1OC. The predicted molar refractivity (Wildman–Crippen MR) is 104 cm³/mol. The second-order valence-corrected chi connectivity index (χ2v) is 9.33. The van der Waals surface area contributed by atoms with Gasteiger partial charge in [0.15, 0.2) is 11.5 Å². The summed E-state index contributed by atoms with van der Waals surface area (Å²) in [6.07, 6.45) is 2.49. The van der Waals surface area contributed by atoms with Crippen molar-refractivity contribution in [2.75, 3.05) is 18.9 Å². The Bertz CT molecular complexity index is 982. The molecule has 27 heavy (non-hydrogen) atoms. The van der Waals surface area contributed by atoms with Gasteiger partial charge in [0.2, 0.25) is 0 Å². The summed E-state index contributed by atoms with van der Waals surface area (Å²) in [7, 11) is -1.02. The number of fused-ring (bicyclic) bond motifs is 1. The summed E-state index contributed by atoms with van der Waals surface area (Å²) >= 11 is 1.29. The first kappa shape index (κ1) is 19.5. The van der Waals surface area contributed by atoms with E-state index in [4.69, 9.17) is 15.2 Å². The molecule has 7 nitrogen and oxygen atoms in total. The summed E-state index contributed by atoms with van der Waals surface area (Å²) in [5.74, 6) is 0.601. The van der Waals surface area contributed by atoms with E-state index >= 15 is 0 Å². The van der Waals surface area contributed by atoms with Gasteiger partial charge in [-0.1, -0.05) is 6.92 Å². The lowest BCUT2D eigenvalue weighted by Gasteiger charge is -2.18. The highest BCUT2D eigenvalue weighted by Crippen LogP contribution is 2.40. The van der Waals surface area contributed by atoms with Crippen LogP contribution in [-0.4, -0.2) is 28.5 Å². The number of carbonyl (C=O) groups is 1. The molecule has 3 rings (SSSR count). The smallest absolute Gasteiger partial charge is 0.262 e. The first-order valence-electron chi connectivity index (χ1n) is 8.46. The number of thiophene rings is 1. The molecule has 0 saturated carbocycles. The number of anilines is 1. The number of rotatable bonds is 6. The van der Waals surface area contributed by atoms with Crippen molar-refractivity contribution in [3.8, 4) is 11.5 Å². The Morgan fingerprint density at radius 3 is 2.59 bits per heavy atom. The minimum Gasteiger partial charge on any atom is -0.493 e. The van der Waals surface area contributed by atoms with Gasteiger partial charge in [-0.25, -0.2) is 8.42 Å². The minimum absolute atomic E-state index is 0.00955. The molecule has 1 heterocycles. The molecule has 3 N–H and O–H groups in total. The minimum atomic E-state index is -3.92. The van der Waals surface area contributed by atoms with E-state index in [-0.39, 0.29) is 15.5 Å².